The minimum absolute atomic E-state index is 0.332. The molecule has 0 radical (unpaired) electrons. The van der Waals surface area contributed by atoms with Gasteiger partial charge in [-0.2, -0.15) is 0 Å². The Hall–Kier alpha value is -3.22. The molecule has 1 saturated heterocycles. The molecule has 7 nitrogen and oxygen atoms in total. The molecule has 0 spiro atoms. The Balaban J connectivity index is 1.45. The van der Waals surface area contributed by atoms with Crippen LogP contribution < -0.4 is 10.2 Å². The zero-order valence-electron chi connectivity index (χ0n) is 15.0. The van der Waals surface area contributed by atoms with Gasteiger partial charge in [-0.1, -0.05) is 12.1 Å². The van der Waals surface area contributed by atoms with Gasteiger partial charge in [0.1, 0.15) is 11.9 Å². The summed E-state index contributed by atoms with van der Waals surface area (Å²) in [5.74, 6) is -0.430. The van der Waals surface area contributed by atoms with Gasteiger partial charge in [0.05, 0.1) is 23.0 Å². The summed E-state index contributed by atoms with van der Waals surface area (Å²) in [6.45, 7) is 3.54. The molecular weight excluding hydrogens is 344 g/mol. The van der Waals surface area contributed by atoms with E-state index in [0.29, 0.717) is 16.8 Å². The quantitative estimate of drug-likeness (QED) is 0.842. The standard InChI is InChI=1S/C20H20N4O3/c1-13(24-19(26)15-6-2-3-7-16(15)20(24)27)18(25)22-14-8-9-17(21-12-14)23-10-4-5-11-23/h2-3,6-9,12-13H,4-5,10-11H2,1H3,(H,22,25). The Kier molecular flexibility index (Phi) is 4.35. The molecule has 7 heteroatoms. The number of imide groups is 1. The first-order valence-corrected chi connectivity index (χ1v) is 9.05. The fourth-order valence-electron chi connectivity index (χ4n) is 3.52. The van der Waals surface area contributed by atoms with E-state index < -0.39 is 23.8 Å². The second-order valence-corrected chi connectivity index (χ2v) is 6.79. The molecule has 1 aromatic heterocycles. The Labute approximate surface area is 157 Å². The number of amides is 3. The van der Waals surface area contributed by atoms with Crippen molar-refractivity contribution in [1.82, 2.24) is 9.88 Å². The van der Waals surface area contributed by atoms with Crippen LogP contribution in [0.3, 0.4) is 0 Å². The summed E-state index contributed by atoms with van der Waals surface area (Å²) in [5.41, 5.74) is 1.20. The van der Waals surface area contributed by atoms with Crippen LogP contribution in [0.4, 0.5) is 11.5 Å². The maximum atomic E-state index is 12.6. The van der Waals surface area contributed by atoms with Crippen LogP contribution in [-0.2, 0) is 4.79 Å². The lowest BCUT2D eigenvalue weighted by Crippen LogP contribution is -2.45. The van der Waals surface area contributed by atoms with Gasteiger partial charge in [0, 0.05) is 13.1 Å². The molecule has 1 N–H and O–H groups in total. The molecular formula is C20H20N4O3. The predicted octanol–water partition coefficient (Wildman–Crippen LogP) is 2.31. The third-order valence-electron chi connectivity index (χ3n) is 5.04. The fraction of sp³-hybridized carbons (Fsp3) is 0.300. The highest BCUT2D eigenvalue weighted by Crippen LogP contribution is 2.25. The molecule has 1 aromatic carbocycles. The van der Waals surface area contributed by atoms with Crippen LogP contribution in [0.2, 0.25) is 0 Å². The number of rotatable bonds is 4. The lowest BCUT2D eigenvalue weighted by atomic mass is 10.1. The van der Waals surface area contributed by atoms with Crippen molar-refractivity contribution in [2.45, 2.75) is 25.8 Å². The summed E-state index contributed by atoms with van der Waals surface area (Å²) in [6.07, 6.45) is 3.93. The molecule has 3 amide bonds. The number of pyridine rings is 1. The van der Waals surface area contributed by atoms with Crippen molar-refractivity contribution < 1.29 is 14.4 Å². The summed E-state index contributed by atoms with van der Waals surface area (Å²) in [4.78, 5) is 45.2. The van der Waals surface area contributed by atoms with E-state index in [-0.39, 0.29) is 0 Å². The zero-order valence-corrected chi connectivity index (χ0v) is 15.0. The normalized spacial score (nSPS) is 17.2. The van der Waals surface area contributed by atoms with E-state index in [2.05, 4.69) is 15.2 Å². The smallest absolute Gasteiger partial charge is 0.262 e. The van der Waals surface area contributed by atoms with Gasteiger partial charge in [-0.05, 0) is 44.0 Å². The molecule has 1 unspecified atom stereocenters. The fourth-order valence-corrected chi connectivity index (χ4v) is 3.52. The molecule has 0 bridgehead atoms. The number of carbonyl (C=O) groups excluding carboxylic acids is 3. The molecule has 27 heavy (non-hydrogen) atoms. The topological polar surface area (TPSA) is 82.6 Å². The predicted molar refractivity (Wildman–Crippen MR) is 101 cm³/mol. The number of nitrogens with zero attached hydrogens (tertiary/aromatic N) is 3. The van der Waals surface area contributed by atoms with Crippen molar-refractivity contribution >= 4 is 29.2 Å². The molecule has 4 rings (SSSR count). The van der Waals surface area contributed by atoms with E-state index in [9.17, 15) is 14.4 Å². The maximum absolute atomic E-state index is 12.6. The van der Waals surface area contributed by atoms with E-state index in [4.69, 9.17) is 0 Å². The van der Waals surface area contributed by atoms with Gasteiger partial charge in [0.15, 0.2) is 0 Å². The summed E-state index contributed by atoms with van der Waals surface area (Å²) in [7, 11) is 0. The van der Waals surface area contributed by atoms with Crippen molar-refractivity contribution in [3.63, 3.8) is 0 Å². The number of benzene rings is 1. The molecule has 1 fully saturated rings. The third-order valence-corrected chi connectivity index (χ3v) is 5.04. The van der Waals surface area contributed by atoms with Gasteiger partial charge in [-0.3, -0.25) is 19.3 Å². The largest absolute Gasteiger partial charge is 0.357 e. The summed E-state index contributed by atoms with van der Waals surface area (Å²) < 4.78 is 0. The number of aromatic nitrogens is 1. The van der Waals surface area contributed by atoms with E-state index in [1.165, 1.54) is 0 Å². The van der Waals surface area contributed by atoms with Crippen LogP contribution in [-0.4, -0.2) is 46.7 Å². The summed E-state index contributed by atoms with van der Waals surface area (Å²) in [5, 5.41) is 2.74. The summed E-state index contributed by atoms with van der Waals surface area (Å²) >= 11 is 0. The second-order valence-electron chi connectivity index (χ2n) is 6.79. The van der Waals surface area contributed by atoms with Crippen LogP contribution in [0, 0.1) is 0 Å². The molecule has 138 valence electrons. The number of fused-ring (bicyclic) bond motifs is 1. The Morgan fingerprint density at radius 2 is 1.67 bits per heavy atom. The van der Waals surface area contributed by atoms with Gasteiger partial charge >= 0.3 is 0 Å². The monoisotopic (exact) mass is 364 g/mol. The third kappa shape index (κ3) is 3.05. The highest BCUT2D eigenvalue weighted by molar-refractivity contribution is 6.23. The highest BCUT2D eigenvalue weighted by atomic mass is 16.2. The Bertz CT molecular complexity index is 869. The molecule has 1 atom stereocenters. The van der Waals surface area contributed by atoms with Crippen molar-refractivity contribution in [1.29, 1.82) is 0 Å². The molecule has 0 saturated carbocycles. The van der Waals surface area contributed by atoms with Gasteiger partial charge in [-0.25, -0.2) is 4.98 Å². The van der Waals surface area contributed by atoms with Crippen LogP contribution in [0.15, 0.2) is 42.6 Å². The van der Waals surface area contributed by atoms with E-state index >= 15 is 0 Å². The number of nitrogens with one attached hydrogen (secondary N) is 1. The second kappa shape index (κ2) is 6.83. The number of carbonyl (C=O) groups is 3. The average molecular weight is 364 g/mol. The Morgan fingerprint density at radius 3 is 2.22 bits per heavy atom. The minimum Gasteiger partial charge on any atom is -0.357 e. The lowest BCUT2D eigenvalue weighted by molar-refractivity contribution is -0.119. The molecule has 2 aromatic rings. The van der Waals surface area contributed by atoms with Crippen LogP contribution in [0.1, 0.15) is 40.5 Å². The minimum atomic E-state index is -0.921. The van der Waals surface area contributed by atoms with Crippen molar-refractivity contribution in [3.05, 3.63) is 53.7 Å². The molecule has 2 aliphatic heterocycles. The Morgan fingerprint density at radius 1 is 1.04 bits per heavy atom. The van der Waals surface area contributed by atoms with Crippen LogP contribution in [0.5, 0.6) is 0 Å². The van der Waals surface area contributed by atoms with Gasteiger partial charge in [0.2, 0.25) is 5.91 Å². The van der Waals surface area contributed by atoms with Crippen molar-refractivity contribution in [2.24, 2.45) is 0 Å². The lowest BCUT2D eigenvalue weighted by Gasteiger charge is -2.22. The number of hydrogen-bond donors (Lipinski definition) is 1. The molecule has 3 heterocycles. The van der Waals surface area contributed by atoms with Gasteiger partial charge in [0.25, 0.3) is 11.8 Å². The van der Waals surface area contributed by atoms with Crippen LogP contribution in [0.25, 0.3) is 0 Å². The van der Waals surface area contributed by atoms with Gasteiger partial charge in [-0.15, -0.1) is 0 Å². The molecule has 0 aliphatic carbocycles. The first-order valence-electron chi connectivity index (χ1n) is 9.05. The SMILES string of the molecule is CC(C(=O)Nc1ccc(N2CCCC2)nc1)N1C(=O)c2ccccc2C1=O. The van der Waals surface area contributed by atoms with Crippen molar-refractivity contribution in [3.8, 4) is 0 Å². The zero-order chi connectivity index (χ0) is 19.0. The average Bonchev–Trinajstić information content (AvgIpc) is 3.30. The van der Waals surface area contributed by atoms with E-state index in [0.717, 1.165) is 36.6 Å². The number of anilines is 2. The molecule has 2 aliphatic rings. The first-order chi connectivity index (χ1) is 13.1. The van der Waals surface area contributed by atoms with Crippen LogP contribution >= 0.6 is 0 Å². The highest BCUT2D eigenvalue weighted by Gasteiger charge is 2.40. The van der Waals surface area contributed by atoms with E-state index in [1.807, 2.05) is 6.07 Å². The maximum Gasteiger partial charge on any atom is 0.262 e. The van der Waals surface area contributed by atoms with Gasteiger partial charge < -0.3 is 10.2 Å². The van der Waals surface area contributed by atoms with Crippen molar-refractivity contribution in [2.75, 3.05) is 23.3 Å². The summed E-state index contributed by atoms with van der Waals surface area (Å²) in [6, 6.07) is 9.33. The number of hydrogen-bond acceptors (Lipinski definition) is 5. The van der Waals surface area contributed by atoms with E-state index in [1.54, 1.807) is 43.5 Å². The first kappa shape index (κ1) is 17.2.